The van der Waals surface area contributed by atoms with Gasteiger partial charge in [-0.1, -0.05) is 104 Å². The first-order valence-corrected chi connectivity index (χ1v) is 16.2. The third kappa shape index (κ3) is 5.77. The first-order valence-electron chi connectivity index (χ1n) is 16.2. The standard InChI is InChI=1S/C40H39N3O/c44-37(19-4-2-10-27-42-40-33-15-5-7-17-35(33)43-36-18-8-6-16-34(36)40)41-26-9-1-3-12-28-20-21-31-23-22-29-13-11-14-30-24-25-32(28)39(31)38(29)30/h5-8,11,13-18,20-25H,1-4,9-10,12,19,26-27H2,(H,41,44)(H,42,43). The summed E-state index contributed by atoms with van der Waals surface area (Å²) < 4.78 is 0. The average molecular weight is 578 g/mol. The molecule has 0 radical (unpaired) electrons. The number of hydrogen-bond donors (Lipinski definition) is 2. The highest BCUT2D eigenvalue weighted by Crippen LogP contribution is 2.36. The molecule has 0 saturated carbocycles. The molecule has 4 nitrogen and oxygen atoms in total. The van der Waals surface area contributed by atoms with Crippen molar-refractivity contribution in [3.8, 4) is 0 Å². The van der Waals surface area contributed by atoms with E-state index in [2.05, 4.69) is 102 Å². The van der Waals surface area contributed by atoms with Gasteiger partial charge in [0.2, 0.25) is 5.91 Å². The van der Waals surface area contributed by atoms with Gasteiger partial charge in [-0.2, -0.15) is 0 Å². The van der Waals surface area contributed by atoms with E-state index in [-0.39, 0.29) is 5.91 Å². The fraction of sp³-hybridized carbons (Fsp3) is 0.250. The topological polar surface area (TPSA) is 54.0 Å². The molecule has 7 aromatic rings. The molecule has 0 saturated heterocycles. The van der Waals surface area contributed by atoms with E-state index in [1.807, 2.05) is 12.1 Å². The molecule has 6 aromatic carbocycles. The highest BCUT2D eigenvalue weighted by molar-refractivity contribution is 6.23. The quantitative estimate of drug-likeness (QED) is 0.0815. The summed E-state index contributed by atoms with van der Waals surface area (Å²) in [6.45, 7) is 1.65. The Balaban J connectivity index is 0.818. The Morgan fingerprint density at radius 3 is 1.95 bits per heavy atom. The molecule has 1 amide bonds. The Kier molecular flexibility index (Phi) is 8.23. The maximum atomic E-state index is 12.4. The van der Waals surface area contributed by atoms with Gasteiger partial charge < -0.3 is 10.6 Å². The van der Waals surface area contributed by atoms with E-state index >= 15 is 0 Å². The van der Waals surface area contributed by atoms with Crippen LogP contribution in [0.4, 0.5) is 5.69 Å². The van der Waals surface area contributed by atoms with E-state index in [1.54, 1.807) is 0 Å². The maximum absolute atomic E-state index is 12.4. The number of nitrogens with one attached hydrogen (secondary N) is 2. The number of unbranched alkanes of at least 4 members (excludes halogenated alkanes) is 4. The van der Waals surface area contributed by atoms with Crippen molar-refractivity contribution >= 4 is 65.7 Å². The molecule has 0 atom stereocenters. The summed E-state index contributed by atoms with van der Waals surface area (Å²) in [5.41, 5.74) is 4.61. The van der Waals surface area contributed by atoms with Crippen LogP contribution in [0.15, 0.2) is 103 Å². The van der Waals surface area contributed by atoms with Crippen molar-refractivity contribution in [3.05, 3.63) is 109 Å². The molecule has 0 unspecified atom stereocenters. The summed E-state index contributed by atoms with van der Waals surface area (Å²) in [5.74, 6) is 0.177. The Bertz CT molecular complexity index is 1990. The molecule has 0 bridgehead atoms. The van der Waals surface area contributed by atoms with Crippen molar-refractivity contribution in [1.82, 2.24) is 10.3 Å². The lowest BCUT2D eigenvalue weighted by atomic mass is 9.90. The van der Waals surface area contributed by atoms with Gasteiger partial charge in [-0.05, 0) is 82.1 Å². The lowest BCUT2D eigenvalue weighted by Gasteiger charge is -2.14. The minimum atomic E-state index is 0.177. The number of benzene rings is 6. The second kappa shape index (κ2) is 12.9. The van der Waals surface area contributed by atoms with E-state index in [9.17, 15) is 4.79 Å². The van der Waals surface area contributed by atoms with Gasteiger partial charge in [0.15, 0.2) is 0 Å². The molecule has 4 heteroatoms. The summed E-state index contributed by atoms with van der Waals surface area (Å²) in [4.78, 5) is 17.2. The van der Waals surface area contributed by atoms with Crippen molar-refractivity contribution < 1.29 is 4.79 Å². The lowest BCUT2D eigenvalue weighted by Crippen LogP contribution is -2.24. The second-order valence-corrected chi connectivity index (χ2v) is 12.0. The normalized spacial score (nSPS) is 11.7. The Hall–Kier alpha value is -4.70. The molecule has 220 valence electrons. The fourth-order valence-electron chi connectivity index (χ4n) is 6.78. The fourth-order valence-corrected chi connectivity index (χ4v) is 6.78. The number of nitrogens with zero attached hydrogens (tertiary/aromatic N) is 1. The van der Waals surface area contributed by atoms with Crippen molar-refractivity contribution in [2.45, 2.75) is 51.4 Å². The molecule has 0 aliphatic carbocycles. The first-order chi connectivity index (χ1) is 21.8. The minimum absolute atomic E-state index is 0.177. The van der Waals surface area contributed by atoms with Gasteiger partial charge in [0.25, 0.3) is 0 Å². The minimum Gasteiger partial charge on any atom is -0.384 e. The summed E-state index contributed by atoms with van der Waals surface area (Å²) in [6.07, 6.45) is 7.92. The number of aryl methyl sites for hydroxylation is 1. The number of rotatable bonds is 13. The number of aromatic nitrogens is 1. The van der Waals surface area contributed by atoms with Gasteiger partial charge in [0.05, 0.1) is 16.7 Å². The number of hydrogen-bond acceptors (Lipinski definition) is 3. The molecule has 0 fully saturated rings. The van der Waals surface area contributed by atoms with E-state index in [4.69, 9.17) is 4.98 Å². The van der Waals surface area contributed by atoms with Crippen LogP contribution < -0.4 is 10.6 Å². The van der Waals surface area contributed by atoms with Crippen molar-refractivity contribution in [3.63, 3.8) is 0 Å². The smallest absolute Gasteiger partial charge is 0.219 e. The van der Waals surface area contributed by atoms with Crippen LogP contribution >= 0.6 is 0 Å². The summed E-state index contributed by atoms with van der Waals surface area (Å²) in [6, 6.07) is 36.8. The molecular weight excluding hydrogens is 538 g/mol. The Labute approximate surface area is 258 Å². The third-order valence-corrected chi connectivity index (χ3v) is 9.03. The zero-order chi connectivity index (χ0) is 29.7. The van der Waals surface area contributed by atoms with Gasteiger partial charge in [-0.25, -0.2) is 4.98 Å². The number of pyridine rings is 1. The SMILES string of the molecule is O=C(CCCCCNc1c2ccccc2nc2ccccc12)NCCCCCc1ccc2ccc3cccc4ccc1c2c34. The number of amides is 1. The van der Waals surface area contributed by atoms with Crippen molar-refractivity contribution in [1.29, 1.82) is 0 Å². The molecule has 44 heavy (non-hydrogen) atoms. The second-order valence-electron chi connectivity index (χ2n) is 12.0. The molecule has 1 aromatic heterocycles. The zero-order valence-electron chi connectivity index (χ0n) is 25.2. The van der Waals surface area contributed by atoms with Crippen LogP contribution in [0, 0.1) is 0 Å². The van der Waals surface area contributed by atoms with Crippen LogP contribution in [0.3, 0.4) is 0 Å². The first kappa shape index (κ1) is 28.1. The number of para-hydroxylation sites is 2. The molecule has 0 aliphatic rings. The van der Waals surface area contributed by atoms with Gasteiger partial charge in [0.1, 0.15) is 0 Å². The molecule has 2 N–H and O–H groups in total. The largest absolute Gasteiger partial charge is 0.384 e. The highest BCUT2D eigenvalue weighted by Gasteiger charge is 2.11. The predicted molar refractivity (Wildman–Crippen MR) is 187 cm³/mol. The van der Waals surface area contributed by atoms with Crippen LogP contribution in [0.2, 0.25) is 0 Å². The van der Waals surface area contributed by atoms with Crippen LogP contribution in [-0.4, -0.2) is 24.0 Å². The third-order valence-electron chi connectivity index (χ3n) is 9.03. The number of carbonyl (C=O) groups is 1. The predicted octanol–water partition coefficient (Wildman–Crippen LogP) is 9.79. The molecular formula is C40H39N3O. The lowest BCUT2D eigenvalue weighted by molar-refractivity contribution is -0.121. The molecule has 7 rings (SSSR count). The van der Waals surface area contributed by atoms with Crippen molar-refractivity contribution in [2.24, 2.45) is 0 Å². The number of fused-ring (bicyclic) bond motifs is 2. The van der Waals surface area contributed by atoms with E-state index in [0.29, 0.717) is 6.42 Å². The van der Waals surface area contributed by atoms with Crippen LogP contribution in [0.5, 0.6) is 0 Å². The Morgan fingerprint density at radius 1 is 0.545 bits per heavy atom. The summed E-state index contributed by atoms with van der Waals surface area (Å²) in [5, 5.41) is 17.3. The average Bonchev–Trinajstić information content (AvgIpc) is 3.06. The Morgan fingerprint density at radius 2 is 1.18 bits per heavy atom. The van der Waals surface area contributed by atoms with Gasteiger partial charge in [-0.3, -0.25) is 4.79 Å². The summed E-state index contributed by atoms with van der Waals surface area (Å²) in [7, 11) is 0. The van der Waals surface area contributed by atoms with Crippen LogP contribution in [0.1, 0.15) is 50.5 Å². The van der Waals surface area contributed by atoms with Crippen LogP contribution in [0.25, 0.3) is 54.1 Å². The maximum Gasteiger partial charge on any atom is 0.219 e. The summed E-state index contributed by atoms with van der Waals surface area (Å²) >= 11 is 0. The molecule has 1 heterocycles. The van der Waals surface area contributed by atoms with E-state index < -0.39 is 0 Å². The monoisotopic (exact) mass is 577 g/mol. The van der Waals surface area contributed by atoms with Gasteiger partial charge in [-0.15, -0.1) is 0 Å². The number of carbonyl (C=O) groups excluding carboxylic acids is 1. The van der Waals surface area contributed by atoms with E-state index in [0.717, 1.165) is 85.5 Å². The number of anilines is 1. The van der Waals surface area contributed by atoms with Gasteiger partial charge >= 0.3 is 0 Å². The van der Waals surface area contributed by atoms with Crippen molar-refractivity contribution in [2.75, 3.05) is 18.4 Å². The molecule has 0 aliphatic heterocycles. The van der Waals surface area contributed by atoms with E-state index in [1.165, 1.54) is 37.9 Å². The highest BCUT2D eigenvalue weighted by atomic mass is 16.1. The van der Waals surface area contributed by atoms with Gasteiger partial charge in [0, 0.05) is 30.3 Å². The zero-order valence-corrected chi connectivity index (χ0v) is 25.2. The molecule has 0 spiro atoms. The van der Waals surface area contributed by atoms with Crippen LogP contribution in [-0.2, 0) is 11.2 Å².